The maximum atomic E-state index is 13.9. The summed E-state index contributed by atoms with van der Waals surface area (Å²) in [6.07, 6.45) is 1.46. The molecular weight excluding hydrogens is 562 g/mol. The second-order valence-electron chi connectivity index (χ2n) is 10.1. The van der Waals surface area contributed by atoms with Crippen molar-refractivity contribution in [3.8, 4) is 17.2 Å². The van der Waals surface area contributed by atoms with E-state index in [-0.39, 0.29) is 36.0 Å². The van der Waals surface area contributed by atoms with Crippen molar-refractivity contribution in [2.75, 3.05) is 11.0 Å². The first kappa shape index (κ1) is 27.9. The molecular formula is C27H25ClF2N6O3S. The lowest BCUT2D eigenvalue weighted by Gasteiger charge is -2.40. The van der Waals surface area contributed by atoms with Gasteiger partial charge in [0.05, 0.1) is 51.6 Å². The van der Waals surface area contributed by atoms with E-state index in [1.807, 2.05) is 0 Å². The van der Waals surface area contributed by atoms with E-state index < -0.39 is 33.3 Å². The van der Waals surface area contributed by atoms with Gasteiger partial charge in [0, 0.05) is 24.2 Å². The van der Waals surface area contributed by atoms with Crippen molar-refractivity contribution in [2.24, 2.45) is 18.7 Å². The highest BCUT2D eigenvalue weighted by atomic mass is 35.5. The number of anilines is 1. The van der Waals surface area contributed by atoms with E-state index in [1.165, 1.54) is 16.8 Å². The molecule has 40 heavy (non-hydrogen) atoms. The summed E-state index contributed by atoms with van der Waals surface area (Å²) in [6, 6.07) is 11.1. The second kappa shape index (κ2) is 10.1. The van der Waals surface area contributed by atoms with E-state index in [1.54, 1.807) is 31.3 Å². The van der Waals surface area contributed by atoms with Crippen LogP contribution in [-0.2, 0) is 29.1 Å². The molecule has 2 heterocycles. The number of nitrogens with zero attached hydrogens (tertiary/aromatic N) is 4. The van der Waals surface area contributed by atoms with Crippen LogP contribution < -0.4 is 10.5 Å². The molecule has 4 aromatic rings. The number of aryl methyl sites for hydroxylation is 1. The summed E-state index contributed by atoms with van der Waals surface area (Å²) >= 11 is 6.48. The van der Waals surface area contributed by atoms with Crippen LogP contribution >= 0.6 is 11.6 Å². The lowest BCUT2D eigenvalue weighted by atomic mass is 9.69. The minimum absolute atomic E-state index is 0.0282. The van der Waals surface area contributed by atoms with Crippen LogP contribution in [0.15, 0.2) is 42.5 Å². The van der Waals surface area contributed by atoms with Gasteiger partial charge in [0.1, 0.15) is 17.2 Å². The van der Waals surface area contributed by atoms with Gasteiger partial charge in [0.2, 0.25) is 10.0 Å². The van der Waals surface area contributed by atoms with Crippen molar-refractivity contribution in [3.63, 3.8) is 0 Å². The lowest BCUT2D eigenvalue weighted by Crippen LogP contribution is -2.41. The van der Waals surface area contributed by atoms with Gasteiger partial charge in [0.25, 0.3) is 0 Å². The highest BCUT2D eigenvalue weighted by Gasteiger charge is 2.45. The molecule has 0 saturated heterocycles. The molecule has 1 aliphatic rings. The Morgan fingerprint density at radius 3 is 2.50 bits per heavy atom. The van der Waals surface area contributed by atoms with Gasteiger partial charge in [-0.25, -0.2) is 17.2 Å². The summed E-state index contributed by atoms with van der Waals surface area (Å²) in [5.74, 6) is -1.74. The molecule has 1 saturated carbocycles. The molecule has 4 N–H and O–H groups in total. The van der Waals surface area contributed by atoms with E-state index in [2.05, 4.69) is 15.9 Å². The molecule has 9 nitrogen and oxygen atoms in total. The molecule has 2 aromatic carbocycles. The third-order valence-corrected chi connectivity index (χ3v) is 7.87. The Bertz CT molecular complexity index is 1780. The molecule has 0 spiro atoms. The SMILES string of the molecule is Cn1nc(NS(C)(=O)=O)c2c(Cl)ccc(-c3ccc(C4(O)CC(C#N)C4)nc3[C@@H](N)Cc3cc(F)cc(F)c3)c21. The van der Waals surface area contributed by atoms with Crippen molar-refractivity contribution < 1.29 is 22.3 Å². The van der Waals surface area contributed by atoms with Crippen molar-refractivity contribution in [1.82, 2.24) is 14.8 Å². The molecule has 0 aliphatic heterocycles. The van der Waals surface area contributed by atoms with Crippen molar-refractivity contribution in [2.45, 2.75) is 30.9 Å². The number of nitrogens with two attached hydrogens (primary N) is 1. The van der Waals surface area contributed by atoms with Crippen LogP contribution in [0.1, 0.15) is 35.8 Å². The zero-order chi connectivity index (χ0) is 29.0. The van der Waals surface area contributed by atoms with Crippen LogP contribution in [0.25, 0.3) is 22.0 Å². The van der Waals surface area contributed by atoms with Gasteiger partial charge in [-0.15, -0.1) is 0 Å². The average Bonchev–Trinajstić information content (AvgIpc) is 3.16. The zero-order valence-corrected chi connectivity index (χ0v) is 23.1. The number of halogens is 3. The van der Waals surface area contributed by atoms with Crippen LogP contribution in [0.3, 0.4) is 0 Å². The van der Waals surface area contributed by atoms with Gasteiger partial charge in [-0.05, 0) is 49.1 Å². The van der Waals surface area contributed by atoms with Crippen LogP contribution in [-0.4, -0.2) is 34.5 Å². The number of hydrogen-bond donors (Lipinski definition) is 3. The molecule has 0 radical (unpaired) electrons. The van der Waals surface area contributed by atoms with E-state index in [4.69, 9.17) is 22.3 Å². The van der Waals surface area contributed by atoms with E-state index in [0.717, 1.165) is 12.3 Å². The quantitative estimate of drug-likeness (QED) is 0.292. The smallest absolute Gasteiger partial charge is 0.231 e. The number of nitrogens with one attached hydrogen (secondary N) is 1. The number of benzene rings is 2. The van der Waals surface area contributed by atoms with E-state index in [0.29, 0.717) is 39.0 Å². The molecule has 1 aliphatic carbocycles. The summed E-state index contributed by atoms with van der Waals surface area (Å²) in [4.78, 5) is 4.73. The Kier molecular flexibility index (Phi) is 7.04. The average molecular weight is 587 g/mol. The molecule has 2 aromatic heterocycles. The molecule has 13 heteroatoms. The topological polar surface area (TPSA) is 147 Å². The number of aliphatic hydroxyl groups is 1. The largest absolute Gasteiger partial charge is 0.383 e. The highest BCUT2D eigenvalue weighted by Crippen LogP contribution is 2.46. The van der Waals surface area contributed by atoms with Crippen LogP contribution in [0.5, 0.6) is 0 Å². The first-order chi connectivity index (χ1) is 18.8. The van der Waals surface area contributed by atoms with Crippen molar-refractivity contribution in [1.29, 1.82) is 5.26 Å². The fourth-order valence-corrected chi connectivity index (χ4v) is 5.96. The molecule has 208 valence electrons. The van der Waals surface area contributed by atoms with Gasteiger partial charge in [-0.2, -0.15) is 10.4 Å². The third kappa shape index (κ3) is 5.25. The molecule has 0 amide bonds. The first-order valence-electron chi connectivity index (χ1n) is 12.3. The molecule has 0 bridgehead atoms. The van der Waals surface area contributed by atoms with Gasteiger partial charge in [0.15, 0.2) is 5.82 Å². The fourth-order valence-electron chi connectivity index (χ4n) is 5.22. The summed E-state index contributed by atoms with van der Waals surface area (Å²) < 4.78 is 55.6. The molecule has 1 atom stereocenters. The zero-order valence-electron chi connectivity index (χ0n) is 21.5. The fraction of sp³-hybridized carbons (Fsp3) is 0.296. The highest BCUT2D eigenvalue weighted by molar-refractivity contribution is 7.92. The Balaban J connectivity index is 1.68. The summed E-state index contributed by atoms with van der Waals surface area (Å²) in [6.45, 7) is 0. The minimum atomic E-state index is -3.67. The van der Waals surface area contributed by atoms with Crippen LogP contribution in [0.2, 0.25) is 5.02 Å². The number of rotatable bonds is 7. The minimum Gasteiger partial charge on any atom is -0.383 e. The summed E-state index contributed by atoms with van der Waals surface area (Å²) in [5, 5.41) is 25.3. The van der Waals surface area contributed by atoms with Gasteiger partial charge in [-0.3, -0.25) is 14.4 Å². The van der Waals surface area contributed by atoms with Crippen molar-refractivity contribution in [3.05, 3.63) is 76.1 Å². The molecule has 0 unspecified atom stereocenters. The van der Waals surface area contributed by atoms with Gasteiger partial charge in [-0.1, -0.05) is 23.7 Å². The second-order valence-corrected chi connectivity index (χ2v) is 12.3. The predicted octanol–water partition coefficient (Wildman–Crippen LogP) is 4.30. The number of pyridine rings is 1. The maximum absolute atomic E-state index is 13.9. The van der Waals surface area contributed by atoms with Crippen molar-refractivity contribution >= 4 is 38.3 Å². The number of aromatic nitrogens is 3. The number of fused-ring (bicyclic) bond motifs is 1. The molecule has 5 rings (SSSR count). The Hall–Kier alpha value is -3.63. The van der Waals surface area contributed by atoms with Gasteiger partial charge >= 0.3 is 0 Å². The lowest BCUT2D eigenvalue weighted by molar-refractivity contribution is -0.0665. The maximum Gasteiger partial charge on any atom is 0.231 e. The number of sulfonamides is 1. The summed E-state index contributed by atoms with van der Waals surface area (Å²) in [5.41, 5.74) is 7.86. The standard InChI is InChI=1S/C27H25ClF2N6O3S/c1-36-25-19(3-5-20(28)23(25)26(34-36)35-40(2,38)39)18-4-6-22(27(37)11-15(12-27)13-31)33-24(18)21(32)9-14-7-16(29)10-17(30)8-14/h3-8,10,15,21,37H,9,11-12,32H2,1-2H3,(H,34,35)/t15?,21-,27?/m0/s1. The predicted molar refractivity (Wildman–Crippen MR) is 147 cm³/mol. The van der Waals surface area contributed by atoms with E-state index >= 15 is 0 Å². The first-order valence-corrected chi connectivity index (χ1v) is 14.5. The Morgan fingerprint density at radius 2 is 1.88 bits per heavy atom. The van der Waals surface area contributed by atoms with E-state index in [9.17, 15) is 27.6 Å². The Morgan fingerprint density at radius 1 is 1.23 bits per heavy atom. The molecule has 1 fully saturated rings. The number of nitriles is 1. The van der Waals surface area contributed by atoms with Gasteiger partial charge < -0.3 is 10.8 Å². The third-order valence-electron chi connectivity index (χ3n) is 6.99. The monoisotopic (exact) mass is 586 g/mol. The van der Waals surface area contributed by atoms with Crippen LogP contribution in [0, 0.1) is 28.9 Å². The normalized spacial score (nSPS) is 19.7. The van der Waals surface area contributed by atoms with Crippen LogP contribution in [0.4, 0.5) is 14.6 Å². The Labute approximate surface area is 234 Å². The number of hydrogen-bond acceptors (Lipinski definition) is 7. The summed E-state index contributed by atoms with van der Waals surface area (Å²) in [7, 11) is -2.04.